The first-order valence-electron chi connectivity index (χ1n) is 8.50. The van der Waals surface area contributed by atoms with Crippen LogP contribution in [0.15, 0.2) is 40.1 Å². The molecule has 2 aromatic rings. The fourth-order valence-electron chi connectivity index (χ4n) is 3.41. The molecule has 1 fully saturated rings. The first-order chi connectivity index (χ1) is 11.8. The first-order valence-corrected chi connectivity index (χ1v) is 10.3. The molecular formula is C18H21N3OS2. The largest absolute Gasteiger partial charge is 0.303 e. The summed E-state index contributed by atoms with van der Waals surface area (Å²) in [4.78, 5) is 17.6. The Kier molecular flexibility index (Phi) is 4.78. The molecule has 4 heterocycles. The van der Waals surface area contributed by atoms with E-state index in [0.29, 0.717) is 6.42 Å². The SMILES string of the molecule is O=C(CCN1CCCC1)N1N=C(c2cccs2)C[C@@H]1c1cccs1. The zero-order valence-electron chi connectivity index (χ0n) is 13.6. The number of nitrogens with zero attached hydrogens (tertiary/aromatic N) is 3. The van der Waals surface area contributed by atoms with Crippen LogP contribution in [0.3, 0.4) is 0 Å². The standard InChI is InChI=1S/C18H21N3OS2/c22-18(7-10-20-8-1-2-9-20)21-15(17-6-4-12-24-17)13-14(19-21)16-5-3-11-23-16/h3-6,11-12,15H,1-2,7-10,13H2/t15-/m1/s1. The monoisotopic (exact) mass is 359 g/mol. The van der Waals surface area contributed by atoms with Gasteiger partial charge in [-0.1, -0.05) is 12.1 Å². The lowest BCUT2D eigenvalue weighted by atomic mass is 10.1. The molecule has 0 saturated carbocycles. The molecule has 4 rings (SSSR count). The highest BCUT2D eigenvalue weighted by Gasteiger charge is 2.34. The molecule has 0 aromatic carbocycles. The first kappa shape index (κ1) is 16.0. The van der Waals surface area contributed by atoms with Crippen molar-refractivity contribution >= 4 is 34.3 Å². The van der Waals surface area contributed by atoms with E-state index in [1.165, 1.54) is 22.6 Å². The normalized spacial score (nSPS) is 21.4. The number of hydrogen-bond donors (Lipinski definition) is 0. The number of amides is 1. The molecule has 126 valence electrons. The highest BCUT2D eigenvalue weighted by Crippen LogP contribution is 2.36. The molecule has 24 heavy (non-hydrogen) atoms. The Hall–Kier alpha value is -1.50. The van der Waals surface area contributed by atoms with Crippen LogP contribution in [0.1, 0.15) is 41.5 Å². The summed E-state index contributed by atoms with van der Waals surface area (Å²) < 4.78 is 0. The van der Waals surface area contributed by atoms with E-state index >= 15 is 0 Å². The third-order valence-corrected chi connectivity index (χ3v) is 6.58. The average Bonchev–Trinajstić information content (AvgIpc) is 3.40. The lowest BCUT2D eigenvalue weighted by Crippen LogP contribution is -2.31. The number of rotatable bonds is 5. The van der Waals surface area contributed by atoms with Gasteiger partial charge in [0.2, 0.25) is 5.91 Å². The maximum Gasteiger partial charge on any atom is 0.244 e. The van der Waals surface area contributed by atoms with Crippen molar-refractivity contribution in [3.8, 4) is 0 Å². The smallest absolute Gasteiger partial charge is 0.244 e. The molecule has 0 unspecified atom stereocenters. The Labute approximate surface area is 150 Å². The van der Waals surface area contributed by atoms with Gasteiger partial charge in [0.1, 0.15) is 0 Å². The molecule has 2 aliphatic rings. The van der Waals surface area contributed by atoms with Gasteiger partial charge >= 0.3 is 0 Å². The maximum atomic E-state index is 12.8. The number of carbonyl (C=O) groups excluding carboxylic acids is 1. The van der Waals surface area contributed by atoms with Crippen molar-refractivity contribution in [3.05, 3.63) is 44.8 Å². The summed E-state index contributed by atoms with van der Waals surface area (Å²) in [7, 11) is 0. The van der Waals surface area contributed by atoms with Gasteiger partial charge in [0.25, 0.3) is 0 Å². The summed E-state index contributed by atoms with van der Waals surface area (Å²) >= 11 is 3.40. The highest BCUT2D eigenvalue weighted by molar-refractivity contribution is 7.12. The van der Waals surface area contributed by atoms with Gasteiger partial charge in [-0.25, -0.2) is 5.01 Å². The zero-order valence-corrected chi connectivity index (χ0v) is 15.2. The van der Waals surface area contributed by atoms with E-state index in [0.717, 1.165) is 31.8 Å². The van der Waals surface area contributed by atoms with Crippen molar-refractivity contribution in [2.24, 2.45) is 5.10 Å². The van der Waals surface area contributed by atoms with Gasteiger partial charge in [-0.3, -0.25) is 4.79 Å². The summed E-state index contributed by atoms with van der Waals surface area (Å²) in [5.74, 6) is 0.145. The summed E-state index contributed by atoms with van der Waals surface area (Å²) in [5.41, 5.74) is 1.04. The van der Waals surface area contributed by atoms with Crippen molar-refractivity contribution in [3.63, 3.8) is 0 Å². The van der Waals surface area contributed by atoms with Gasteiger partial charge in [-0.2, -0.15) is 5.10 Å². The van der Waals surface area contributed by atoms with E-state index in [9.17, 15) is 4.79 Å². The van der Waals surface area contributed by atoms with E-state index in [-0.39, 0.29) is 11.9 Å². The molecule has 1 saturated heterocycles. The average molecular weight is 360 g/mol. The van der Waals surface area contributed by atoms with Crippen molar-refractivity contribution < 1.29 is 4.79 Å². The second-order valence-corrected chi connectivity index (χ2v) is 8.22. The number of hydrazone groups is 1. The minimum absolute atomic E-state index is 0.0631. The van der Waals surface area contributed by atoms with E-state index in [1.54, 1.807) is 27.7 Å². The van der Waals surface area contributed by atoms with Crippen LogP contribution in [-0.2, 0) is 4.79 Å². The fraction of sp³-hybridized carbons (Fsp3) is 0.444. The Bertz CT molecular complexity index is 703. The van der Waals surface area contributed by atoms with Gasteiger partial charge in [-0.05, 0) is 48.8 Å². The molecule has 2 aliphatic heterocycles. The van der Waals surface area contributed by atoms with Crippen molar-refractivity contribution in [1.29, 1.82) is 0 Å². The quantitative estimate of drug-likeness (QED) is 0.810. The third-order valence-electron chi connectivity index (χ3n) is 4.68. The summed E-state index contributed by atoms with van der Waals surface area (Å²) in [6, 6.07) is 8.36. The van der Waals surface area contributed by atoms with E-state index in [2.05, 4.69) is 33.9 Å². The van der Waals surface area contributed by atoms with Crippen LogP contribution in [-0.4, -0.2) is 41.2 Å². The van der Waals surface area contributed by atoms with Gasteiger partial charge in [0.05, 0.1) is 16.6 Å². The Balaban J connectivity index is 1.50. The second-order valence-electron chi connectivity index (χ2n) is 6.30. The molecular weight excluding hydrogens is 338 g/mol. The topological polar surface area (TPSA) is 35.9 Å². The van der Waals surface area contributed by atoms with E-state index in [4.69, 9.17) is 5.10 Å². The van der Waals surface area contributed by atoms with Crippen LogP contribution < -0.4 is 0 Å². The minimum Gasteiger partial charge on any atom is -0.303 e. The summed E-state index contributed by atoms with van der Waals surface area (Å²) in [6.45, 7) is 3.12. The predicted octanol–water partition coefficient (Wildman–Crippen LogP) is 3.97. The molecule has 6 heteroatoms. The highest BCUT2D eigenvalue weighted by atomic mass is 32.1. The van der Waals surface area contributed by atoms with Gasteiger partial charge in [0.15, 0.2) is 0 Å². The maximum absolute atomic E-state index is 12.8. The minimum atomic E-state index is 0.0631. The summed E-state index contributed by atoms with van der Waals surface area (Å²) in [6.07, 6.45) is 3.90. The molecule has 1 amide bonds. The van der Waals surface area contributed by atoms with Crippen LogP contribution in [0.5, 0.6) is 0 Å². The third kappa shape index (κ3) is 3.31. The van der Waals surface area contributed by atoms with Crippen molar-refractivity contribution in [1.82, 2.24) is 9.91 Å². The number of thiophene rings is 2. The lowest BCUT2D eigenvalue weighted by molar-refractivity contribution is -0.133. The van der Waals surface area contributed by atoms with Crippen molar-refractivity contribution in [2.75, 3.05) is 19.6 Å². The lowest BCUT2D eigenvalue weighted by Gasteiger charge is -2.22. The van der Waals surface area contributed by atoms with Gasteiger partial charge in [0, 0.05) is 24.3 Å². The Morgan fingerprint density at radius 3 is 2.67 bits per heavy atom. The molecule has 0 radical (unpaired) electrons. The second kappa shape index (κ2) is 7.17. The molecule has 4 nitrogen and oxygen atoms in total. The van der Waals surface area contributed by atoms with Crippen molar-refractivity contribution in [2.45, 2.75) is 31.7 Å². The molecule has 0 aliphatic carbocycles. The van der Waals surface area contributed by atoms with Crippen LogP contribution in [0.25, 0.3) is 0 Å². The van der Waals surface area contributed by atoms with E-state index < -0.39 is 0 Å². The molecule has 0 spiro atoms. The zero-order chi connectivity index (χ0) is 16.4. The fourth-order valence-corrected chi connectivity index (χ4v) is 4.94. The summed E-state index contributed by atoms with van der Waals surface area (Å²) in [5, 5.41) is 10.6. The van der Waals surface area contributed by atoms with Crippen LogP contribution in [0.2, 0.25) is 0 Å². The van der Waals surface area contributed by atoms with Gasteiger partial charge in [-0.15, -0.1) is 22.7 Å². The molecule has 0 bridgehead atoms. The number of hydrogen-bond acceptors (Lipinski definition) is 5. The Morgan fingerprint density at radius 1 is 1.17 bits per heavy atom. The van der Waals surface area contributed by atoms with E-state index in [1.807, 2.05) is 6.07 Å². The van der Waals surface area contributed by atoms with Crippen LogP contribution in [0.4, 0.5) is 0 Å². The number of carbonyl (C=O) groups is 1. The van der Waals surface area contributed by atoms with Crippen LogP contribution >= 0.6 is 22.7 Å². The van der Waals surface area contributed by atoms with Gasteiger partial charge < -0.3 is 4.90 Å². The molecule has 2 aromatic heterocycles. The molecule has 1 atom stereocenters. The predicted molar refractivity (Wildman–Crippen MR) is 99.7 cm³/mol. The Morgan fingerprint density at radius 2 is 1.96 bits per heavy atom. The molecule has 0 N–H and O–H groups in total. The number of likely N-dealkylation sites (tertiary alicyclic amines) is 1. The van der Waals surface area contributed by atoms with Crippen LogP contribution in [0, 0.1) is 0 Å².